The Labute approximate surface area is 160 Å². The van der Waals surface area contributed by atoms with Gasteiger partial charge < -0.3 is 15.3 Å². The highest BCUT2D eigenvalue weighted by Crippen LogP contribution is 2.46. The van der Waals surface area contributed by atoms with E-state index < -0.39 is 12.1 Å². The number of rotatable bonds is 4. The molecule has 2 aromatic heterocycles. The summed E-state index contributed by atoms with van der Waals surface area (Å²) in [5.41, 5.74) is 1.12. The minimum Gasteiger partial charge on any atom is -0.389 e. The van der Waals surface area contributed by atoms with Crippen LogP contribution in [0.1, 0.15) is 11.6 Å². The third-order valence-corrected chi connectivity index (χ3v) is 5.95. The minimum absolute atomic E-state index is 0.295. The van der Waals surface area contributed by atoms with Gasteiger partial charge in [0.05, 0.1) is 17.8 Å². The molecular formula is C17H13FIN3O2S. The van der Waals surface area contributed by atoms with Gasteiger partial charge in [-0.05, 0) is 52.9 Å². The van der Waals surface area contributed by atoms with E-state index in [9.17, 15) is 14.3 Å². The normalized spacial score (nSPS) is 19.7. The van der Waals surface area contributed by atoms with Gasteiger partial charge in [0.25, 0.3) is 0 Å². The Morgan fingerprint density at radius 2 is 2.28 bits per heavy atom. The van der Waals surface area contributed by atoms with Crippen molar-refractivity contribution >= 4 is 61.2 Å². The molecule has 1 fully saturated rings. The number of amides is 1. The second kappa shape index (κ2) is 6.50. The lowest BCUT2D eigenvalue weighted by Gasteiger charge is -2.43. The third-order valence-electron chi connectivity index (χ3n) is 4.23. The highest BCUT2D eigenvalue weighted by Gasteiger charge is 2.41. The lowest BCUT2D eigenvalue weighted by molar-refractivity contribution is -0.136. The summed E-state index contributed by atoms with van der Waals surface area (Å²) in [6.07, 6.45) is 1.77. The predicted octanol–water partition coefficient (Wildman–Crippen LogP) is 3.66. The van der Waals surface area contributed by atoms with Crippen LogP contribution in [-0.4, -0.2) is 34.0 Å². The van der Waals surface area contributed by atoms with Gasteiger partial charge in [-0.25, -0.2) is 9.37 Å². The predicted molar refractivity (Wildman–Crippen MR) is 104 cm³/mol. The maximum atomic E-state index is 14.2. The minimum atomic E-state index is -0.648. The number of carbonyl (C=O) groups is 1. The Morgan fingerprint density at radius 1 is 1.44 bits per heavy atom. The van der Waals surface area contributed by atoms with E-state index in [1.165, 1.54) is 22.3 Å². The molecule has 2 N–H and O–H groups in total. The largest absolute Gasteiger partial charge is 0.389 e. The summed E-state index contributed by atoms with van der Waals surface area (Å²) in [5.74, 6) is -0.357. The van der Waals surface area contributed by atoms with E-state index >= 15 is 0 Å². The van der Waals surface area contributed by atoms with Gasteiger partial charge in [-0.15, -0.1) is 0 Å². The van der Waals surface area contributed by atoms with E-state index in [1.54, 1.807) is 12.3 Å². The smallest absolute Gasteiger partial charge is 0.210 e. The molecule has 8 heteroatoms. The highest BCUT2D eigenvalue weighted by molar-refractivity contribution is 14.1. The molecule has 1 aliphatic rings. The number of halogens is 2. The van der Waals surface area contributed by atoms with Gasteiger partial charge in [-0.3, -0.25) is 4.79 Å². The van der Waals surface area contributed by atoms with Crippen molar-refractivity contribution in [1.29, 1.82) is 0 Å². The number of aliphatic hydroxyl groups excluding tert-OH is 1. The standard InChI is InChI=1S/C17H13FIN3O2S/c18-11-6-9(19)3-4-12(11)21-17-14(15-13(24)7-22(15)8-23)10-2-1-5-20-16(10)25-17/h1-6,8,13,15,21,24H,7H2. The molecule has 128 valence electrons. The summed E-state index contributed by atoms with van der Waals surface area (Å²) in [7, 11) is 0. The fourth-order valence-electron chi connectivity index (χ4n) is 3.03. The second-order valence-electron chi connectivity index (χ2n) is 5.76. The van der Waals surface area contributed by atoms with E-state index in [1.807, 2.05) is 18.2 Å². The maximum Gasteiger partial charge on any atom is 0.210 e. The number of likely N-dealkylation sites (tertiary alicyclic amines) is 1. The van der Waals surface area contributed by atoms with Crippen molar-refractivity contribution in [2.45, 2.75) is 12.1 Å². The van der Waals surface area contributed by atoms with Crippen LogP contribution in [0.5, 0.6) is 0 Å². The molecule has 1 aromatic carbocycles. The molecule has 3 aromatic rings. The number of benzene rings is 1. The first-order chi connectivity index (χ1) is 12.1. The fraction of sp³-hybridized carbons (Fsp3) is 0.176. The van der Waals surface area contributed by atoms with Crippen LogP contribution in [0.3, 0.4) is 0 Å². The lowest BCUT2D eigenvalue weighted by Crippen LogP contribution is -2.52. The zero-order valence-corrected chi connectivity index (χ0v) is 15.8. The summed E-state index contributed by atoms with van der Waals surface area (Å²) >= 11 is 3.43. The summed E-state index contributed by atoms with van der Waals surface area (Å²) in [5, 5.41) is 14.9. The van der Waals surface area contributed by atoms with Crippen molar-refractivity contribution in [2.75, 3.05) is 11.9 Å². The topological polar surface area (TPSA) is 65.5 Å². The number of pyridine rings is 1. The molecule has 0 bridgehead atoms. The quantitative estimate of drug-likeness (QED) is 0.453. The molecule has 1 aliphatic heterocycles. The molecular weight excluding hydrogens is 456 g/mol. The van der Waals surface area contributed by atoms with Crippen molar-refractivity contribution in [3.05, 3.63) is 51.5 Å². The van der Waals surface area contributed by atoms with Crippen molar-refractivity contribution in [1.82, 2.24) is 9.88 Å². The number of carbonyl (C=O) groups excluding carboxylic acids is 1. The number of nitrogens with zero attached hydrogens (tertiary/aromatic N) is 2. The van der Waals surface area contributed by atoms with Crippen LogP contribution in [0, 0.1) is 9.39 Å². The summed E-state index contributed by atoms with van der Waals surface area (Å²) in [6, 6.07) is 8.19. The zero-order chi connectivity index (χ0) is 17.6. The monoisotopic (exact) mass is 469 g/mol. The molecule has 3 heterocycles. The number of nitrogens with one attached hydrogen (secondary N) is 1. The third kappa shape index (κ3) is 2.87. The number of β-amino-alcohol motifs (C(OH)–C–C–N with tert-alkyl or cyclic N) is 1. The van der Waals surface area contributed by atoms with E-state index in [2.05, 4.69) is 32.9 Å². The fourth-order valence-corrected chi connectivity index (χ4v) is 4.58. The molecule has 0 aliphatic carbocycles. The number of thiophene rings is 1. The lowest BCUT2D eigenvalue weighted by atomic mass is 9.92. The van der Waals surface area contributed by atoms with E-state index in [0.717, 1.165) is 25.8 Å². The summed E-state index contributed by atoms with van der Waals surface area (Å²) in [4.78, 5) is 17.9. The van der Waals surface area contributed by atoms with Gasteiger partial charge in [0.15, 0.2) is 0 Å². The van der Waals surface area contributed by atoms with E-state index in [4.69, 9.17) is 0 Å². The van der Waals surface area contributed by atoms with Crippen LogP contribution in [0.4, 0.5) is 15.1 Å². The van der Waals surface area contributed by atoms with Crippen LogP contribution in [0.2, 0.25) is 0 Å². The van der Waals surface area contributed by atoms with Gasteiger partial charge >= 0.3 is 0 Å². The van der Waals surface area contributed by atoms with Crippen LogP contribution in [0.15, 0.2) is 36.5 Å². The molecule has 0 saturated carbocycles. The zero-order valence-electron chi connectivity index (χ0n) is 12.8. The van der Waals surface area contributed by atoms with E-state index in [0.29, 0.717) is 17.2 Å². The van der Waals surface area contributed by atoms with Crippen LogP contribution in [0.25, 0.3) is 10.2 Å². The van der Waals surface area contributed by atoms with Crippen molar-refractivity contribution in [3.63, 3.8) is 0 Å². The van der Waals surface area contributed by atoms with Crippen molar-refractivity contribution in [2.24, 2.45) is 0 Å². The molecule has 0 radical (unpaired) electrons. The number of hydrogen-bond acceptors (Lipinski definition) is 5. The Hall–Kier alpha value is -1.78. The van der Waals surface area contributed by atoms with E-state index in [-0.39, 0.29) is 5.82 Å². The molecule has 1 saturated heterocycles. The first-order valence-corrected chi connectivity index (χ1v) is 9.46. The SMILES string of the molecule is O=CN1CC(O)C1c1c(Nc2ccc(I)cc2F)sc2ncccc12. The van der Waals surface area contributed by atoms with Gasteiger partial charge in [0, 0.05) is 27.3 Å². The summed E-state index contributed by atoms with van der Waals surface area (Å²) < 4.78 is 15.1. The summed E-state index contributed by atoms with van der Waals surface area (Å²) in [6.45, 7) is 0.295. The molecule has 2 atom stereocenters. The Morgan fingerprint density at radius 3 is 3.00 bits per heavy atom. The van der Waals surface area contributed by atoms with Crippen molar-refractivity contribution < 1.29 is 14.3 Å². The molecule has 25 heavy (non-hydrogen) atoms. The Balaban J connectivity index is 1.83. The average molecular weight is 469 g/mol. The van der Waals surface area contributed by atoms with Crippen LogP contribution in [-0.2, 0) is 4.79 Å². The van der Waals surface area contributed by atoms with Crippen molar-refractivity contribution in [3.8, 4) is 0 Å². The number of fused-ring (bicyclic) bond motifs is 1. The first-order valence-electron chi connectivity index (χ1n) is 7.57. The molecule has 1 amide bonds. The van der Waals surface area contributed by atoms with Crippen LogP contribution < -0.4 is 5.32 Å². The first kappa shape index (κ1) is 16.7. The molecule has 0 spiro atoms. The number of anilines is 2. The second-order valence-corrected chi connectivity index (χ2v) is 8.01. The van der Waals surface area contributed by atoms with Gasteiger partial charge in [0.2, 0.25) is 6.41 Å². The Kier molecular flexibility index (Phi) is 4.34. The average Bonchev–Trinajstić information content (AvgIpc) is 2.93. The number of aliphatic hydroxyl groups is 1. The molecule has 4 rings (SSSR count). The molecule has 5 nitrogen and oxygen atoms in total. The van der Waals surface area contributed by atoms with Gasteiger partial charge in [0.1, 0.15) is 15.6 Å². The van der Waals surface area contributed by atoms with Gasteiger partial charge in [-0.1, -0.05) is 11.3 Å². The Bertz CT molecular complexity index is 964. The molecule has 2 unspecified atom stereocenters. The highest BCUT2D eigenvalue weighted by atomic mass is 127. The van der Waals surface area contributed by atoms with Gasteiger partial charge in [-0.2, -0.15) is 0 Å². The maximum absolute atomic E-state index is 14.2. The number of aromatic nitrogens is 1. The van der Waals surface area contributed by atoms with Crippen LogP contribution >= 0.6 is 33.9 Å². The number of hydrogen-bond donors (Lipinski definition) is 2.